The van der Waals surface area contributed by atoms with Gasteiger partial charge in [0.2, 0.25) is 0 Å². The highest BCUT2D eigenvalue weighted by Gasteiger charge is 2.15. The van der Waals surface area contributed by atoms with Gasteiger partial charge in [-0.15, -0.1) is 11.3 Å². The number of thiazole rings is 1. The number of amides is 1. The van der Waals surface area contributed by atoms with E-state index >= 15 is 0 Å². The molecule has 26 heavy (non-hydrogen) atoms. The van der Waals surface area contributed by atoms with Gasteiger partial charge < -0.3 is 0 Å². The lowest BCUT2D eigenvalue weighted by atomic mass is 10.1. The molecule has 3 rings (SSSR count). The molecule has 2 aromatic carbocycles. The summed E-state index contributed by atoms with van der Waals surface area (Å²) in [4.78, 5) is 28.0. The van der Waals surface area contributed by atoms with Crippen LogP contribution in [-0.2, 0) is 6.42 Å². The Morgan fingerprint density at radius 1 is 1.19 bits per heavy atom. The van der Waals surface area contributed by atoms with Crippen LogP contribution in [0.15, 0.2) is 48.7 Å². The van der Waals surface area contributed by atoms with Crippen molar-refractivity contribution >= 4 is 28.1 Å². The van der Waals surface area contributed by atoms with Crippen molar-refractivity contribution in [2.45, 2.75) is 20.3 Å². The number of aromatic nitrogens is 1. The third-order valence-corrected chi connectivity index (χ3v) is 4.84. The fraction of sp³-hybridized carbons (Fsp3) is 0.158. The smallest absolute Gasteiger partial charge is 0.272 e. The van der Waals surface area contributed by atoms with Gasteiger partial charge in [0.1, 0.15) is 0 Å². The summed E-state index contributed by atoms with van der Waals surface area (Å²) in [7, 11) is 0. The van der Waals surface area contributed by atoms with Crippen molar-refractivity contribution in [2.24, 2.45) is 0 Å². The molecular formula is C19H17N3O3S. The van der Waals surface area contributed by atoms with Crippen LogP contribution in [0.5, 0.6) is 0 Å². The van der Waals surface area contributed by atoms with E-state index in [-0.39, 0.29) is 11.6 Å². The molecule has 7 heteroatoms. The maximum Gasteiger partial charge on any atom is 0.272 e. The summed E-state index contributed by atoms with van der Waals surface area (Å²) in [6, 6.07) is 12.6. The van der Waals surface area contributed by atoms with Gasteiger partial charge in [-0.1, -0.05) is 29.8 Å². The van der Waals surface area contributed by atoms with E-state index in [0.717, 1.165) is 11.3 Å². The molecule has 6 nitrogen and oxygen atoms in total. The van der Waals surface area contributed by atoms with Crippen LogP contribution in [0.4, 0.5) is 10.8 Å². The first-order valence-corrected chi connectivity index (χ1v) is 8.80. The number of carbonyl (C=O) groups excluding carboxylic acids is 1. The minimum absolute atomic E-state index is 0.00353. The molecule has 3 aromatic rings. The fourth-order valence-electron chi connectivity index (χ4n) is 2.52. The highest BCUT2D eigenvalue weighted by Crippen LogP contribution is 2.23. The van der Waals surface area contributed by atoms with Crippen molar-refractivity contribution in [3.05, 3.63) is 85.9 Å². The fourth-order valence-corrected chi connectivity index (χ4v) is 3.37. The molecule has 132 valence electrons. The van der Waals surface area contributed by atoms with Crippen molar-refractivity contribution in [1.82, 2.24) is 4.98 Å². The van der Waals surface area contributed by atoms with E-state index in [9.17, 15) is 14.9 Å². The summed E-state index contributed by atoms with van der Waals surface area (Å²) in [5.74, 6) is -0.334. The van der Waals surface area contributed by atoms with Crippen molar-refractivity contribution in [1.29, 1.82) is 0 Å². The molecule has 0 spiro atoms. The van der Waals surface area contributed by atoms with Gasteiger partial charge in [0, 0.05) is 34.7 Å². The predicted octanol–water partition coefficient (Wildman–Crippen LogP) is 4.51. The van der Waals surface area contributed by atoms with E-state index in [1.54, 1.807) is 13.1 Å². The van der Waals surface area contributed by atoms with Gasteiger partial charge in [0.25, 0.3) is 11.6 Å². The summed E-state index contributed by atoms with van der Waals surface area (Å²) in [5.41, 5.74) is 3.20. The number of rotatable bonds is 5. The molecule has 0 bridgehead atoms. The highest BCUT2D eigenvalue weighted by molar-refractivity contribution is 7.15. The molecular weight excluding hydrogens is 350 g/mol. The second kappa shape index (κ2) is 7.45. The minimum Gasteiger partial charge on any atom is -0.298 e. The Labute approximate surface area is 154 Å². The van der Waals surface area contributed by atoms with Crippen molar-refractivity contribution in [3.63, 3.8) is 0 Å². The predicted molar refractivity (Wildman–Crippen MR) is 102 cm³/mol. The molecule has 0 radical (unpaired) electrons. The van der Waals surface area contributed by atoms with Crippen LogP contribution in [-0.4, -0.2) is 15.8 Å². The number of nitrogens with zero attached hydrogens (tertiary/aromatic N) is 2. The zero-order chi connectivity index (χ0) is 18.7. The molecule has 1 amide bonds. The van der Waals surface area contributed by atoms with E-state index in [2.05, 4.69) is 34.6 Å². The number of nitro groups is 1. The van der Waals surface area contributed by atoms with Crippen LogP contribution in [0.2, 0.25) is 0 Å². The Balaban J connectivity index is 1.68. The van der Waals surface area contributed by atoms with Crippen molar-refractivity contribution < 1.29 is 9.72 Å². The van der Waals surface area contributed by atoms with Gasteiger partial charge in [0.05, 0.1) is 4.92 Å². The Hall–Kier alpha value is -3.06. The standard InChI is InChI=1S/C19H17N3O3S/c1-12-3-5-14(6-4-12)10-16-11-20-19(26-16)21-18(23)15-7-8-17(22(24)25)13(2)9-15/h3-9,11H,10H2,1-2H3,(H,20,21,23). The third kappa shape index (κ3) is 4.12. The van der Waals surface area contributed by atoms with Crippen LogP contribution in [0.25, 0.3) is 0 Å². The largest absolute Gasteiger partial charge is 0.298 e. The minimum atomic E-state index is -0.463. The molecule has 1 heterocycles. The van der Waals surface area contributed by atoms with E-state index in [1.165, 1.54) is 40.7 Å². The van der Waals surface area contributed by atoms with Gasteiger partial charge in [-0.2, -0.15) is 0 Å². The first kappa shape index (κ1) is 17.8. The van der Waals surface area contributed by atoms with Gasteiger partial charge in [-0.25, -0.2) is 4.98 Å². The molecule has 0 saturated heterocycles. The number of hydrogen-bond donors (Lipinski definition) is 1. The number of anilines is 1. The summed E-state index contributed by atoms with van der Waals surface area (Å²) in [6.07, 6.45) is 2.51. The number of nitro benzene ring substituents is 1. The molecule has 1 aromatic heterocycles. The Morgan fingerprint density at radius 2 is 1.92 bits per heavy atom. The molecule has 0 saturated carbocycles. The average molecular weight is 367 g/mol. The van der Waals surface area contributed by atoms with E-state index in [0.29, 0.717) is 16.3 Å². The maximum absolute atomic E-state index is 12.3. The van der Waals surface area contributed by atoms with Crippen LogP contribution >= 0.6 is 11.3 Å². The molecule has 1 N–H and O–H groups in total. The van der Waals surface area contributed by atoms with E-state index in [1.807, 2.05) is 6.92 Å². The number of aryl methyl sites for hydroxylation is 2. The van der Waals surface area contributed by atoms with E-state index in [4.69, 9.17) is 0 Å². The summed E-state index contributed by atoms with van der Waals surface area (Å²) in [6.45, 7) is 3.65. The number of hydrogen-bond acceptors (Lipinski definition) is 5. The van der Waals surface area contributed by atoms with Gasteiger partial charge >= 0.3 is 0 Å². The highest BCUT2D eigenvalue weighted by atomic mass is 32.1. The second-order valence-electron chi connectivity index (χ2n) is 6.01. The lowest BCUT2D eigenvalue weighted by molar-refractivity contribution is -0.385. The first-order chi connectivity index (χ1) is 12.4. The Kier molecular flexibility index (Phi) is 5.09. The molecule has 0 fully saturated rings. The lowest BCUT2D eigenvalue weighted by Gasteiger charge is -2.03. The Bertz CT molecular complexity index is 964. The molecule has 0 aliphatic rings. The van der Waals surface area contributed by atoms with Crippen LogP contribution < -0.4 is 5.32 Å². The van der Waals surface area contributed by atoms with Crippen LogP contribution in [0, 0.1) is 24.0 Å². The molecule has 0 aliphatic carbocycles. The van der Waals surface area contributed by atoms with E-state index < -0.39 is 4.92 Å². The number of nitrogens with one attached hydrogen (secondary N) is 1. The molecule has 0 atom stereocenters. The quantitative estimate of drug-likeness (QED) is 0.531. The number of benzene rings is 2. The van der Waals surface area contributed by atoms with Crippen molar-refractivity contribution in [3.8, 4) is 0 Å². The first-order valence-electron chi connectivity index (χ1n) is 7.99. The average Bonchev–Trinajstić information content (AvgIpc) is 3.03. The molecule has 0 unspecified atom stereocenters. The Morgan fingerprint density at radius 3 is 2.58 bits per heavy atom. The summed E-state index contributed by atoms with van der Waals surface area (Å²) < 4.78 is 0. The topological polar surface area (TPSA) is 85.1 Å². The lowest BCUT2D eigenvalue weighted by Crippen LogP contribution is -2.12. The summed E-state index contributed by atoms with van der Waals surface area (Å²) >= 11 is 1.42. The normalized spacial score (nSPS) is 10.5. The van der Waals surface area contributed by atoms with Gasteiger partial charge in [0.15, 0.2) is 5.13 Å². The zero-order valence-electron chi connectivity index (χ0n) is 14.4. The number of carbonyl (C=O) groups is 1. The van der Waals surface area contributed by atoms with Crippen LogP contribution in [0.1, 0.15) is 31.9 Å². The SMILES string of the molecule is Cc1ccc(Cc2cnc(NC(=O)c3ccc([N+](=O)[O-])c(C)c3)s2)cc1. The zero-order valence-corrected chi connectivity index (χ0v) is 15.2. The van der Waals surface area contributed by atoms with Gasteiger partial charge in [-0.3, -0.25) is 20.2 Å². The molecule has 0 aliphatic heterocycles. The van der Waals surface area contributed by atoms with Crippen molar-refractivity contribution in [2.75, 3.05) is 5.32 Å². The van der Waals surface area contributed by atoms with Gasteiger partial charge in [-0.05, 0) is 31.5 Å². The summed E-state index contributed by atoms with van der Waals surface area (Å²) in [5, 5.41) is 14.1. The third-order valence-electron chi connectivity index (χ3n) is 3.93. The maximum atomic E-state index is 12.3. The second-order valence-corrected chi connectivity index (χ2v) is 7.12. The van der Waals surface area contributed by atoms with Crippen LogP contribution in [0.3, 0.4) is 0 Å². The monoisotopic (exact) mass is 367 g/mol.